The molecule has 1 N–H and O–H groups in total. The second-order valence-corrected chi connectivity index (χ2v) is 7.48. The van der Waals surface area contributed by atoms with Crippen LogP contribution < -0.4 is 4.90 Å². The fraction of sp³-hybridized carbons (Fsp3) is 0.130. The first-order chi connectivity index (χ1) is 14.3. The predicted octanol–water partition coefficient (Wildman–Crippen LogP) is 4.63. The summed E-state index contributed by atoms with van der Waals surface area (Å²) in [6.45, 7) is -0.200. The zero-order valence-corrected chi connectivity index (χ0v) is 16.4. The summed E-state index contributed by atoms with van der Waals surface area (Å²) in [6.07, 6.45) is -0.532. The molecule has 1 atom stereocenters. The summed E-state index contributed by atoms with van der Waals surface area (Å²) in [5.41, 5.74) is -1.23. The van der Waals surface area contributed by atoms with E-state index in [-0.39, 0.29) is 28.3 Å². The van der Waals surface area contributed by atoms with Gasteiger partial charge in [0, 0.05) is 21.7 Å². The highest BCUT2D eigenvalue weighted by Crippen LogP contribution is 2.44. The zero-order valence-electron chi connectivity index (χ0n) is 15.6. The average Bonchev–Trinajstić information content (AvgIpc) is 2.93. The summed E-state index contributed by atoms with van der Waals surface area (Å²) in [5, 5.41) is 11.4. The number of halogens is 3. The molecular weight excluding hydrogens is 412 g/mol. The summed E-state index contributed by atoms with van der Waals surface area (Å²) in [6, 6.07) is 15.5. The van der Waals surface area contributed by atoms with E-state index in [2.05, 4.69) is 0 Å². The number of benzene rings is 3. The minimum Gasteiger partial charge on any atom is -0.375 e. The zero-order chi connectivity index (χ0) is 21.5. The summed E-state index contributed by atoms with van der Waals surface area (Å²) < 4.78 is 27.4. The molecule has 1 aliphatic rings. The molecule has 1 amide bonds. The van der Waals surface area contributed by atoms with E-state index in [1.54, 1.807) is 24.3 Å². The van der Waals surface area contributed by atoms with Gasteiger partial charge in [-0.15, -0.1) is 0 Å². The summed E-state index contributed by atoms with van der Waals surface area (Å²) in [4.78, 5) is 27.2. The maximum atomic E-state index is 14.3. The maximum absolute atomic E-state index is 14.3. The number of hydrogen-bond acceptors (Lipinski definition) is 3. The van der Waals surface area contributed by atoms with Crippen LogP contribution in [0, 0.1) is 11.6 Å². The van der Waals surface area contributed by atoms with Crippen molar-refractivity contribution in [3.63, 3.8) is 0 Å². The van der Waals surface area contributed by atoms with Gasteiger partial charge in [-0.2, -0.15) is 0 Å². The molecule has 1 heterocycles. The van der Waals surface area contributed by atoms with Crippen molar-refractivity contribution in [3.05, 3.63) is 100 Å². The van der Waals surface area contributed by atoms with Crippen molar-refractivity contribution in [2.45, 2.75) is 18.6 Å². The van der Waals surface area contributed by atoms with Crippen molar-refractivity contribution in [1.82, 2.24) is 0 Å². The smallest absolute Gasteiger partial charge is 0.264 e. The molecule has 0 aliphatic carbocycles. The Labute approximate surface area is 176 Å². The molecule has 152 valence electrons. The van der Waals surface area contributed by atoms with Gasteiger partial charge in [0.2, 0.25) is 0 Å². The number of rotatable bonds is 5. The van der Waals surface area contributed by atoms with Crippen LogP contribution in [0.5, 0.6) is 0 Å². The van der Waals surface area contributed by atoms with Gasteiger partial charge in [0.05, 0.1) is 18.7 Å². The van der Waals surface area contributed by atoms with E-state index in [1.807, 2.05) is 0 Å². The Hall–Kier alpha value is -3.09. The minimum absolute atomic E-state index is 0.108. The van der Waals surface area contributed by atoms with E-state index in [0.29, 0.717) is 5.69 Å². The number of carbonyl (C=O) groups excluding carboxylic acids is 2. The molecule has 0 unspecified atom stereocenters. The molecule has 0 saturated carbocycles. The molecular formula is C23H16ClF2NO3. The van der Waals surface area contributed by atoms with Crippen molar-refractivity contribution < 1.29 is 23.5 Å². The molecule has 30 heavy (non-hydrogen) atoms. The van der Waals surface area contributed by atoms with Crippen LogP contribution in [0.25, 0.3) is 0 Å². The number of ketones is 1. The molecule has 1 aliphatic heterocycles. The van der Waals surface area contributed by atoms with Gasteiger partial charge in [0.15, 0.2) is 11.4 Å². The van der Waals surface area contributed by atoms with Crippen molar-refractivity contribution >= 4 is 29.0 Å². The molecule has 0 saturated heterocycles. The largest absolute Gasteiger partial charge is 0.375 e. The van der Waals surface area contributed by atoms with Gasteiger partial charge in [0.25, 0.3) is 5.91 Å². The van der Waals surface area contributed by atoms with Gasteiger partial charge in [-0.05, 0) is 42.5 Å². The molecule has 0 spiro atoms. The first-order valence-electron chi connectivity index (χ1n) is 9.17. The third kappa shape index (κ3) is 3.38. The van der Waals surface area contributed by atoms with Crippen molar-refractivity contribution in [1.29, 1.82) is 0 Å². The molecule has 3 aromatic rings. The number of aliphatic hydroxyl groups is 1. The second kappa shape index (κ2) is 7.63. The third-order valence-corrected chi connectivity index (χ3v) is 5.55. The van der Waals surface area contributed by atoms with Gasteiger partial charge in [-0.25, -0.2) is 8.78 Å². The Bertz CT molecular complexity index is 1130. The topological polar surface area (TPSA) is 57.6 Å². The van der Waals surface area contributed by atoms with E-state index in [1.165, 1.54) is 35.2 Å². The quantitative estimate of drug-likeness (QED) is 0.604. The van der Waals surface area contributed by atoms with Crippen LogP contribution >= 0.6 is 11.6 Å². The summed E-state index contributed by atoms with van der Waals surface area (Å²) in [7, 11) is 0. The monoisotopic (exact) mass is 427 g/mol. The molecule has 0 fully saturated rings. The molecule has 0 aromatic heterocycles. The van der Waals surface area contributed by atoms with Gasteiger partial charge >= 0.3 is 0 Å². The number of amides is 1. The minimum atomic E-state index is -2.13. The number of fused-ring (bicyclic) bond motifs is 1. The number of anilines is 1. The highest BCUT2D eigenvalue weighted by Gasteiger charge is 2.51. The lowest BCUT2D eigenvalue weighted by molar-refractivity contribution is -0.136. The Kier molecular flexibility index (Phi) is 5.13. The second-order valence-electron chi connectivity index (χ2n) is 7.08. The van der Waals surface area contributed by atoms with Crippen molar-refractivity contribution in [2.75, 3.05) is 4.90 Å². The van der Waals surface area contributed by atoms with Crippen LogP contribution in [0.15, 0.2) is 66.7 Å². The lowest BCUT2D eigenvalue weighted by atomic mass is 9.88. The fourth-order valence-corrected chi connectivity index (χ4v) is 3.87. The number of nitrogens with zero attached hydrogens (tertiary/aromatic N) is 1. The average molecular weight is 428 g/mol. The van der Waals surface area contributed by atoms with Crippen LogP contribution in [-0.2, 0) is 16.9 Å². The Morgan fingerprint density at radius 2 is 1.70 bits per heavy atom. The summed E-state index contributed by atoms with van der Waals surface area (Å²) >= 11 is 6.11. The van der Waals surface area contributed by atoms with Crippen LogP contribution in [0.2, 0.25) is 5.02 Å². The van der Waals surface area contributed by atoms with Crippen LogP contribution in [0.4, 0.5) is 14.5 Å². The standard InChI is InChI=1S/C23H16ClF2NO3/c24-18-5-3-6-19(26)16(18)13-27-20-7-2-1-4-17(20)23(30,22(27)29)12-21(28)14-8-10-15(25)11-9-14/h1-11,30H,12-13H2/t23-/m0/s1. The van der Waals surface area contributed by atoms with Gasteiger partial charge < -0.3 is 10.0 Å². The Balaban J connectivity index is 1.70. The van der Waals surface area contributed by atoms with Crippen molar-refractivity contribution in [3.8, 4) is 0 Å². The van der Waals surface area contributed by atoms with Crippen LogP contribution in [0.1, 0.15) is 27.9 Å². The van der Waals surface area contributed by atoms with E-state index >= 15 is 0 Å². The molecule has 4 rings (SSSR count). The third-order valence-electron chi connectivity index (χ3n) is 5.20. The van der Waals surface area contributed by atoms with Crippen LogP contribution in [-0.4, -0.2) is 16.8 Å². The number of hydrogen-bond donors (Lipinski definition) is 1. The summed E-state index contributed by atoms with van der Waals surface area (Å²) in [5.74, 6) is -2.35. The fourth-order valence-electron chi connectivity index (χ4n) is 3.65. The van der Waals surface area contributed by atoms with Gasteiger partial charge in [-0.1, -0.05) is 35.9 Å². The highest BCUT2D eigenvalue weighted by molar-refractivity contribution is 6.31. The number of para-hydroxylation sites is 1. The van der Waals surface area contributed by atoms with Crippen molar-refractivity contribution in [2.24, 2.45) is 0 Å². The molecule has 4 nitrogen and oxygen atoms in total. The van der Waals surface area contributed by atoms with Crippen LogP contribution in [0.3, 0.4) is 0 Å². The van der Waals surface area contributed by atoms with Gasteiger partial charge in [0.1, 0.15) is 11.6 Å². The Morgan fingerprint density at radius 3 is 2.40 bits per heavy atom. The maximum Gasteiger partial charge on any atom is 0.264 e. The molecule has 7 heteroatoms. The lowest BCUT2D eigenvalue weighted by Crippen LogP contribution is -2.41. The molecule has 0 bridgehead atoms. The molecule has 0 radical (unpaired) electrons. The number of Topliss-reactive ketones (excluding diaryl/α,β-unsaturated/α-hetero) is 1. The van der Waals surface area contributed by atoms with E-state index in [9.17, 15) is 23.5 Å². The normalized spacial score (nSPS) is 17.9. The van der Waals surface area contributed by atoms with E-state index in [0.717, 1.165) is 12.1 Å². The first-order valence-corrected chi connectivity index (χ1v) is 9.54. The van der Waals surface area contributed by atoms with E-state index < -0.39 is 35.3 Å². The molecule has 3 aromatic carbocycles. The SMILES string of the molecule is O=C(C[C@@]1(O)C(=O)N(Cc2c(F)cccc2Cl)c2ccccc21)c1ccc(F)cc1. The lowest BCUT2D eigenvalue weighted by Gasteiger charge is -2.23. The number of carbonyl (C=O) groups is 2. The van der Waals surface area contributed by atoms with E-state index in [4.69, 9.17) is 11.6 Å². The van der Waals surface area contributed by atoms with Gasteiger partial charge in [-0.3, -0.25) is 9.59 Å². The Morgan fingerprint density at radius 1 is 1.00 bits per heavy atom. The first kappa shape index (κ1) is 20.2. The highest BCUT2D eigenvalue weighted by atomic mass is 35.5. The predicted molar refractivity (Wildman–Crippen MR) is 108 cm³/mol.